The van der Waals surface area contributed by atoms with Crippen LogP contribution in [0.5, 0.6) is 0 Å². The van der Waals surface area contributed by atoms with Crippen molar-refractivity contribution in [2.24, 2.45) is 5.92 Å². The van der Waals surface area contributed by atoms with Crippen LogP contribution in [0.2, 0.25) is 0 Å². The number of fused-ring (bicyclic) bond motifs is 2. The molecular weight excluding hydrogens is 572 g/mol. The summed E-state index contributed by atoms with van der Waals surface area (Å²) in [5.41, 5.74) is 1.68. The molecule has 11 nitrogen and oxygen atoms in total. The number of carbonyl (C=O) groups is 2. The van der Waals surface area contributed by atoms with E-state index < -0.39 is 35.8 Å². The van der Waals surface area contributed by atoms with E-state index >= 15 is 0 Å². The number of aliphatic hydroxyl groups is 1. The van der Waals surface area contributed by atoms with Crippen LogP contribution in [0.1, 0.15) is 58.1 Å². The highest BCUT2D eigenvalue weighted by atomic mass is 16.7. The first-order valence-corrected chi connectivity index (χ1v) is 15.1. The Bertz CT molecular complexity index is 1020. The minimum Gasteiger partial charge on any atom is -0.455 e. The van der Waals surface area contributed by atoms with Crippen molar-refractivity contribution in [3.63, 3.8) is 0 Å². The van der Waals surface area contributed by atoms with Gasteiger partial charge in [0.1, 0.15) is 38.4 Å². The highest BCUT2D eigenvalue weighted by Gasteiger charge is 2.37. The molecule has 0 spiro atoms. The van der Waals surface area contributed by atoms with Crippen molar-refractivity contribution >= 4 is 11.8 Å². The molecule has 2 rings (SSSR count). The number of carbonyl (C=O) groups excluding carboxylic acids is 2. The average Bonchev–Trinajstić information content (AvgIpc) is 3.00. The highest BCUT2D eigenvalue weighted by molar-refractivity contribution is 5.81. The van der Waals surface area contributed by atoms with Gasteiger partial charge in [-0.3, -0.25) is 4.79 Å². The second-order valence-corrected chi connectivity index (χ2v) is 11.6. The molecule has 1 aromatic carbocycles. The Labute approximate surface area is 262 Å². The molecule has 5 unspecified atom stereocenters. The number of ketones is 1. The van der Waals surface area contributed by atoms with Gasteiger partial charge in [0.05, 0.1) is 25.9 Å². The Morgan fingerprint density at radius 1 is 1.00 bits per heavy atom. The standard InChI is InChI=1S/C33H52O11/c1-8-24(19-41-22-40-13-12-37-5)14-23(2)28-17-27(34)18-30(35)33(3,4)26-11-9-10-25(15-26)16-29(42-20-38-6)31(32(36)44-28)43-21-39-7/h9-11,14-15,24,28-31,35H,8,12-13,16-22H2,1-7H3. The predicted molar refractivity (Wildman–Crippen MR) is 163 cm³/mol. The molecule has 0 saturated carbocycles. The lowest BCUT2D eigenvalue weighted by atomic mass is 9.76. The van der Waals surface area contributed by atoms with E-state index in [1.165, 1.54) is 14.2 Å². The summed E-state index contributed by atoms with van der Waals surface area (Å²) in [6.07, 6.45) is -1.01. The van der Waals surface area contributed by atoms with E-state index in [1.54, 1.807) is 7.11 Å². The Morgan fingerprint density at radius 2 is 1.73 bits per heavy atom. The van der Waals surface area contributed by atoms with E-state index in [2.05, 4.69) is 0 Å². The quantitative estimate of drug-likeness (QED) is 0.125. The molecule has 1 N–H and O–H groups in total. The number of hydrogen-bond donors (Lipinski definition) is 1. The van der Waals surface area contributed by atoms with Crippen molar-refractivity contribution < 1.29 is 52.6 Å². The van der Waals surface area contributed by atoms with Crippen molar-refractivity contribution in [3.8, 4) is 0 Å². The van der Waals surface area contributed by atoms with Crippen LogP contribution < -0.4 is 0 Å². The summed E-state index contributed by atoms with van der Waals surface area (Å²) >= 11 is 0. The first-order valence-electron chi connectivity index (χ1n) is 15.1. The molecule has 11 heteroatoms. The molecular formula is C33H52O11. The first-order chi connectivity index (χ1) is 21.1. The van der Waals surface area contributed by atoms with Crippen LogP contribution in [-0.4, -0.2) is 103 Å². The molecule has 1 aromatic rings. The zero-order valence-corrected chi connectivity index (χ0v) is 27.4. The van der Waals surface area contributed by atoms with Gasteiger partial charge in [-0.1, -0.05) is 51.1 Å². The van der Waals surface area contributed by atoms with Gasteiger partial charge in [-0.05, 0) is 30.0 Å². The summed E-state index contributed by atoms with van der Waals surface area (Å²) in [4.78, 5) is 27.2. The minimum atomic E-state index is -1.17. The summed E-state index contributed by atoms with van der Waals surface area (Å²) in [5.74, 6) is -0.948. The molecule has 0 saturated heterocycles. The third-order valence-electron chi connectivity index (χ3n) is 7.83. The van der Waals surface area contributed by atoms with Gasteiger partial charge in [0.15, 0.2) is 6.10 Å². The molecule has 1 aliphatic rings. The van der Waals surface area contributed by atoms with Crippen LogP contribution in [0.25, 0.3) is 0 Å². The van der Waals surface area contributed by atoms with E-state index in [9.17, 15) is 14.7 Å². The summed E-state index contributed by atoms with van der Waals surface area (Å²) in [6.45, 7) is 8.82. The number of aliphatic hydroxyl groups excluding tert-OH is 1. The lowest BCUT2D eigenvalue weighted by Crippen LogP contribution is -2.44. The largest absolute Gasteiger partial charge is 0.455 e. The zero-order valence-electron chi connectivity index (χ0n) is 27.4. The summed E-state index contributed by atoms with van der Waals surface area (Å²) in [6, 6.07) is 7.67. The molecule has 2 bridgehead atoms. The van der Waals surface area contributed by atoms with Crippen molar-refractivity contribution in [1.82, 2.24) is 0 Å². The molecule has 0 fully saturated rings. The van der Waals surface area contributed by atoms with Crippen molar-refractivity contribution in [2.45, 2.75) is 83.2 Å². The van der Waals surface area contributed by atoms with Gasteiger partial charge in [0.25, 0.3) is 0 Å². The van der Waals surface area contributed by atoms with Crippen molar-refractivity contribution in [2.75, 3.05) is 61.5 Å². The number of cyclic esters (lactones) is 1. The van der Waals surface area contributed by atoms with Crippen LogP contribution >= 0.6 is 0 Å². The molecule has 44 heavy (non-hydrogen) atoms. The number of benzene rings is 1. The van der Waals surface area contributed by atoms with Crippen LogP contribution in [0.15, 0.2) is 35.9 Å². The van der Waals surface area contributed by atoms with Gasteiger partial charge in [0.2, 0.25) is 0 Å². The van der Waals surface area contributed by atoms with E-state index in [4.69, 9.17) is 37.9 Å². The lowest BCUT2D eigenvalue weighted by molar-refractivity contribution is -0.192. The third-order valence-corrected chi connectivity index (χ3v) is 7.83. The molecule has 0 aliphatic carbocycles. The van der Waals surface area contributed by atoms with E-state index in [0.717, 1.165) is 17.5 Å². The smallest absolute Gasteiger partial charge is 0.338 e. The Kier molecular flexibility index (Phi) is 17.3. The van der Waals surface area contributed by atoms with Gasteiger partial charge in [-0.15, -0.1) is 0 Å². The van der Waals surface area contributed by atoms with Crippen LogP contribution in [0, 0.1) is 5.92 Å². The summed E-state index contributed by atoms with van der Waals surface area (Å²) < 4.78 is 44.1. The number of esters is 1. The van der Waals surface area contributed by atoms with Crippen LogP contribution in [0.3, 0.4) is 0 Å². The number of Topliss-reactive ketones (excluding diaryl/α,β-unsaturated/α-hetero) is 1. The Balaban J connectivity index is 2.44. The first kappa shape index (κ1) is 38.0. The normalized spacial score (nSPS) is 24.0. The predicted octanol–water partition coefficient (Wildman–Crippen LogP) is 3.73. The van der Waals surface area contributed by atoms with E-state index in [0.29, 0.717) is 31.8 Å². The van der Waals surface area contributed by atoms with Gasteiger partial charge in [0, 0.05) is 51.9 Å². The van der Waals surface area contributed by atoms with Crippen LogP contribution in [-0.2, 0) is 59.3 Å². The van der Waals surface area contributed by atoms with Crippen LogP contribution in [0.4, 0.5) is 0 Å². The fraction of sp³-hybridized carbons (Fsp3) is 0.697. The molecule has 0 amide bonds. The Hall–Kier alpha value is -2.22. The molecule has 0 aromatic heterocycles. The van der Waals surface area contributed by atoms with Gasteiger partial charge in [-0.2, -0.15) is 0 Å². The Morgan fingerprint density at radius 3 is 2.41 bits per heavy atom. The third kappa shape index (κ3) is 12.3. The fourth-order valence-corrected chi connectivity index (χ4v) is 4.89. The second-order valence-electron chi connectivity index (χ2n) is 11.6. The molecule has 0 radical (unpaired) electrons. The summed E-state index contributed by atoms with van der Waals surface area (Å²) in [5, 5.41) is 11.2. The maximum Gasteiger partial charge on any atom is 0.338 e. The number of rotatable bonds is 16. The number of ether oxygens (including phenoxy) is 8. The monoisotopic (exact) mass is 624 g/mol. The second kappa shape index (κ2) is 20.0. The van der Waals surface area contributed by atoms with Gasteiger partial charge >= 0.3 is 5.97 Å². The topological polar surface area (TPSA) is 128 Å². The average molecular weight is 625 g/mol. The minimum absolute atomic E-state index is 0.0178. The fourth-order valence-electron chi connectivity index (χ4n) is 4.89. The van der Waals surface area contributed by atoms with E-state index in [1.807, 2.05) is 58.0 Å². The van der Waals surface area contributed by atoms with E-state index in [-0.39, 0.29) is 44.9 Å². The lowest BCUT2D eigenvalue weighted by Gasteiger charge is -2.33. The maximum absolute atomic E-state index is 13.8. The van der Waals surface area contributed by atoms with Crippen molar-refractivity contribution in [3.05, 3.63) is 47.0 Å². The molecule has 5 atom stereocenters. The zero-order chi connectivity index (χ0) is 32.5. The molecule has 250 valence electrons. The summed E-state index contributed by atoms with van der Waals surface area (Å²) in [7, 11) is 4.55. The van der Waals surface area contributed by atoms with Crippen molar-refractivity contribution in [1.29, 1.82) is 0 Å². The maximum atomic E-state index is 13.8. The van der Waals surface area contributed by atoms with Gasteiger partial charge in [-0.25, -0.2) is 4.79 Å². The number of hydrogen-bond acceptors (Lipinski definition) is 11. The highest BCUT2D eigenvalue weighted by Crippen LogP contribution is 2.31. The van der Waals surface area contributed by atoms with Gasteiger partial charge < -0.3 is 43.0 Å². The molecule has 1 aliphatic heterocycles. The SMILES string of the molecule is CCC(C=C(C)C1CC(=O)CC(O)C(C)(C)c2cccc(c2)CC(OCOC)C(OCOC)C(=O)O1)COCOCCOC. The number of methoxy groups -OCH3 is 3. The molecule has 1 heterocycles.